The molecule has 1 unspecified atom stereocenters. The predicted octanol–water partition coefficient (Wildman–Crippen LogP) is 4.86. The first-order chi connectivity index (χ1) is 7.97. The molecule has 2 heteroatoms. The Bertz CT molecular complexity index is 273. The van der Waals surface area contributed by atoms with E-state index in [9.17, 15) is 0 Å². The molecule has 0 saturated heterocycles. The van der Waals surface area contributed by atoms with E-state index in [1.54, 1.807) is 0 Å². The van der Waals surface area contributed by atoms with Crippen molar-refractivity contribution in [3.63, 3.8) is 0 Å². The van der Waals surface area contributed by atoms with E-state index in [1.165, 1.54) is 37.7 Å². The van der Waals surface area contributed by atoms with Gasteiger partial charge in [0.15, 0.2) is 0 Å². The van der Waals surface area contributed by atoms with Gasteiger partial charge in [0, 0.05) is 6.61 Å². The molecule has 0 N–H and O–H groups in total. The highest BCUT2D eigenvalue weighted by Crippen LogP contribution is 2.20. The first kappa shape index (κ1) is 14.8. The molecule has 0 aromatic carbocycles. The van der Waals surface area contributed by atoms with Crippen LogP contribution in [0.25, 0.3) is 0 Å². The maximum absolute atomic E-state index is 5.95. The number of ether oxygens (including phenoxy) is 1. The molecular weight excluding hydrogens is 232 g/mol. The van der Waals surface area contributed by atoms with Crippen molar-refractivity contribution < 1.29 is 4.74 Å². The predicted molar refractivity (Wildman–Crippen MR) is 75.7 cm³/mol. The minimum atomic E-state index is 0.00874. The molecule has 0 saturated carbocycles. The van der Waals surface area contributed by atoms with Crippen molar-refractivity contribution in [2.24, 2.45) is 0 Å². The Labute approximate surface area is 111 Å². The monoisotopic (exact) mass is 256 g/mol. The van der Waals surface area contributed by atoms with Crippen molar-refractivity contribution >= 4 is 11.6 Å². The van der Waals surface area contributed by atoms with Crippen molar-refractivity contribution in [3.05, 3.63) is 23.8 Å². The van der Waals surface area contributed by atoms with Crippen molar-refractivity contribution in [2.45, 2.75) is 63.9 Å². The summed E-state index contributed by atoms with van der Waals surface area (Å²) in [4.78, 5) is 0. The highest BCUT2D eigenvalue weighted by molar-refractivity contribution is 6.23. The fourth-order valence-corrected chi connectivity index (χ4v) is 2.10. The summed E-state index contributed by atoms with van der Waals surface area (Å²) < 4.78 is 5.68. The van der Waals surface area contributed by atoms with Gasteiger partial charge in [0.1, 0.15) is 0 Å². The molecule has 1 aliphatic carbocycles. The zero-order valence-electron chi connectivity index (χ0n) is 11.3. The molecule has 98 valence electrons. The second-order valence-electron chi connectivity index (χ2n) is 5.67. The zero-order chi connectivity index (χ0) is 12.7. The Kier molecular flexibility index (Phi) is 6.29. The minimum absolute atomic E-state index is 0.00874. The first-order valence-electron chi connectivity index (χ1n) is 6.64. The third kappa shape index (κ3) is 7.62. The number of allylic oxidation sites excluding steroid dienone is 4. The molecule has 0 spiro atoms. The minimum Gasteiger partial charge on any atom is -0.376 e. The molecule has 1 atom stereocenters. The molecule has 0 aliphatic heterocycles. The molecule has 1 aliphatic rings. The Hall–Kier alpha value is -0.270. The second-order valence-corrected chi connectivity index (χ2v) is 6.17. The maximum Gasteiger partial charge on any atom is 0.0705 e. The van der Waals surface area contributed by atoms with Gasteiger partial charge in [-0.15, -0.1) is 11.6 Å². The van der Waals surface area contributed by atoms with Gasteiger partial charge in [0.25, 0.3) is 0 Å². The van der Waals surface area contributed by atoms with E-state index in [2.05, 4.69) is 32.9 Å². The molecule has 0 radical (unpaired) electrons. The van der Waals surface area contributed by atoms with Crippen molar-refractivity contribution in [2.75, 3.05) is 6.61 Å². The van der Waals surface area contributed by atoms with Gasteiger partial charge in [0.2, 0.25) is 0 Å². The van der Waals surface area contributed by atoms with Crippen molar-refractivity contribution in [1.29, 1.82) is 0 Å². The number of alkyl halides is 1. The summed E-state index contributed by atoms with van der Waals surface area (Å²) in [6.07, 6.45) is 12.5. The van der Waals surface area contributed by atoms with Crippen LogP contribution in [0.4, 0.5) is 0 Å². The van der Waals surface area contributed by atoms with E-state index in [-0.39, 0.29) is 11.0 Å². The van der Waals surface area contributed by atoms with Crippen LogP contribution in [0.2, 0.25) is 0 Å². The van der Waals surface area contributed by atoms with E-state index in [1.807, 2.05) is 6.08 Å². The maximum atomic E-state index is 5.95. The normalized spacial score (nSPS) is 19.8. The third-order valence-electron chi connectivity index (χ3n) is 2.76. The van der Waals surface area contributed by atoms with Gasteiger partial charge < -0.3 is 4.74 Å². The lowest BCUT2D eigenvalue weighted by Crippen LogP contribution is -2.19. The Balaban J connectivity index is 1.92. The SMILES string of the molecule is CC(C)(C)OCCCCCCC1=CC(Cl)C=C1. The summed E-state index contributed by atoms with van der Waals surface area (Å²) >= 11 is 5.95. The topological polar surface area (TPSA) is 9.23 Å². The average molecular weight is 257 g/mol. The van der Waals surface area contributed by atoms with E-state index >= 15 is 0 Å². The number of hydrogen-bond donors (Lipinski definition) is 0. The third-order valence-corrected chi connectivity index (χ3v) is 3.03. The van der Waals surface area contributed by atoms with Crippen LogP contribution in [-0.4, -0.2) is 17.6 Å². The molecule has 0 bridgehead atoms. The number of hydrogen-bond acceptors (Lipinski definition) is 1. The second kappa shape index (κ2) is 7.23. The van der Waals surface area contributed by atoms with Gasteiger partial charge in [-0.3, -0.25) is 0 Å². The van der Waals surface area contributed by atoms with Gasteiger partial charge in [-0.25, -0.2) is 0 Å². The number of rotatable bonds is 7. The average Bonchev–Trinajstić information content (AvgIpc) is 2.61. The van der Waals surface area contributed by atoms with Gasteiger partial charge >= 0.3 is 0 Å². The van der Waals surface area contributed by atoms with Crippen LogP contribution >= 0.6 is 11.6 Å². The first-order valence-corrected chi connectivity index (χ1v) is 7.08. The lowest BCUT2D eigenvalue weighted by atomic mass is 10.1. The van der Waals surface area contributed by atoms with E-state index < -0.39 is 0 Å². The van der Waals surface area contributed by atoms with Crippen LogP contribution in [0, 0.1) is 0 Å². The van der Waals surface area contributed by atoms with Gasteiger partial charge in [-0.2, -0.15) is 0 Å². The van der Waals surface area contributed by atoms with Crippen molar-refractivity contribution in [3.8, 4) is 0 Å². The smallest absolute Gasteiger partial charge is 0.0705 e. The zero-order valence-corrected chi connectivity index (χ0v) is 12.1. The molecule has 1 nitrogen and oxygen atoms in total. The van der Waals surface area contributed by atoms with Crippen LogP contribution in [0.3, 0.4) is 0 Å². The highest BCUT2D eigenvalue weighted by Gasteiger charge is 2.09. The largest absolute Gasteiger partial charge is 0.376 e. The highest BCUT2D eigenvalue weighted by atomic mass is 35.5. The molecule has 0 aromatic rings. The summed E-state index contributed by atoms with van der Waals surface area (Å²) in [5.41, 5.74) is 1.41. The lowest BCUT2D eigenvalue weighted by Gasteiger charge is -2.19. The fourth-order valence-electron chi connectivity index (χ4n) is 1.86. The molecule has 0 amide bonds. The molecular formula is C15H25ClO. The van der Waals surface area contributed by atoms with Crippen LogP contribution in [-0.2, 0) is 4.74 Å². The van der Waals surface area contributed by atoms with Gasteiger partial charge in [-0.05, 0) is 40.0 Å². The molecule has 0 fully saturated rings. The van der Waals surface area contributed by atoms with Crippen LogP contribution < -0.4 is 0 Å². The van der Waals surface area contributed by atoms with E-state index in [0.29, 0.717) is 0 Å². The molecule has 1 rings (SSSR count). The molecule has 0 heterocycles. The number of halogens is 1. The fraction of sp³-hybridized carbons (Fsp3) is 0.733. The van der Waals surface area contributed by atoms with Crippen molar-refractivity contribution in [1.82, 2.24) is 0 Å². The molecule has 17 heavy (non-hydrogen) atoms. The van der Waals surface area contributed by atoms with Crippen LogP contribution in [0.5, 0.6) is 0 Å². The van der Waals surface area contributed by atoms with Gasteiger partial charge in [-0.1, -0.05) is 36.6 Å². The Morgan fingerprint density at radius 1 is 1.18 bits per heavy atom. The lowest BCUT2D eigenvalue weighted by molar-refractivity contribution is -0.00473. The standard InChI is InChI=1S/C15H25ClO/c1-15(2,3)17-11-7-5-4-6-8-13-9-10-14(16)12-13/h9-10,12,14H,4-8,11H2,1-3H3. The molecule has 0 aromatic heterocycles. The summed E-state index contributed by atoms with van der Waals surface area (Å²) in [5.74, 6) is 0. The number of unbranched alkanes of at least 4 members (excludes halogenated alkanes) is 3. The Morgan fingerprint density at radius 3 is 2.47 bits per heavy atom. The summed E-state index contributed by atoms with van der Waals surface area (Å²) in [6.45, 7) is 7.20. The Morgan fingerprint density at radius 2 is 1.88 bits per heavy atom. The summed E-state index contributed by atoms with van der Waals surface area (Å²) in [6, 6.07) is 0. The quantitative estimate of drug-likeness (QED) is 0.467. The van der Waals surface area contributed by atoms with Crippen LogP contribution in [0.15, 0.2) is 23.8 Å². The summed E-state index contributed by atoms with van der Waals surface area (Å²) in [7, 11) is 0. The van der Waals surface area contributed by atoms with Crippen LogP contribution in [0.1, 0.15) is 52.9 Å². The van der Waals surface area contributed by atoms with E-state index in [0.717, 1.165) is 6.61 Å². The van der Waals surface area contributed by atoms with Gasteiger partial charge in [0.05, 0.1) is 11.0 Å². The van der Waals surface area contributed by atoms with E-state index in [4.69, 9.17) is 16.3 Å². The summed E-state index contributed by atoms with van der Waals surface area (Å²) in [5, 5.41) is 0.130.